The molecule has 3 N–H and O–H groups in total. The highest BCUT2D eigenvalue weighted by Crippen LogP contribution is 2.37. The van der Waals surface area contributed by atoms with Gasteiger partial charge in [-0.05, 0) is 23.9 Å². The van der Waals surface area contributed by atoms with Gasteiger partial charge in [0.25, 0.3) is 0 Å². The molecule has 0 radical (unpaired) electrons. The number of carbonyl (C=O) groups is 1. The molecule has 1 aromatic carbocycles. The average molecular weight is 420 g/mol. The molecule has 144 valence electrons. The summed E-state index contributed by atoms with van der Waals surface area (Å²) in [5.74, 6) is -0.0539. The Labute approximate surface area is 177 Å². The SMILES string of the molecule is CC(NC(=O)CSc1nc(N)c(C#N)c(-c2cccs2)c1C#N)c1ccccc1. The Morgan fingerprint density at radius 3 is 2.55 bits per heavy atom. The second-order valence-electron chi connectivity index (χ2n) is 6.12. The number of nitrogens with zero attached hydrogens (tertiary/aromatic N) is 3. The molecule has 1 atom stereocenters. The van der Waals surface area contributed by atoms with E-state index in [-0.39, 0.29) is 34.6 Å². The number of nitrogens with one attached hydrogen (secondary N) is 1. The highest BCUT2D eigenvalue weighted by molar-refractivity contribution is 8.00. The van der Waals surface area contributed by atoms with Crippen molar-refractivity contribution in [3.8, 4) is 22.6 Å². The number of thioether (sulfide) groups is 1. The molecule has 2 aromatic heterocycles. The van der Waals surface area contributed by atoms with Crippen LogP contribution in [0.1, 0.15) is 29.7 Å². The molecule has 0 saturated heterocycles. The maximum Gasteiger partial charge on any atom is 0.230 e. The summed E-state index contributed by atoms with van der Waals surface area (Å²) in [5, 5.41) is 24.3. The van der Waals surface area contributed by atoms with E-state index in [4.69, 9.17) is 5.73 Å². The van der Waals surface area contributed by atoms with E-state index in [1.165, 1.54) is 11.3 Å². The summed E-state index contributed by atoms with van der Waals surface area (Å²) in [6.07, 6.45) is 0. The lowest BCUT2D eigenvalue weighted by atomic mass is 10.0. The summed E-state index contributed by atoms with van der Waals surface area (Å²) < 4.78 is 0. The molecular formula is C21H17N5OS2. The van der Waals surface area contributed by atoms with Crippen LogP contribution in [0.5, 0.6) is 0 Å². The number of hydrogen-bond acceptors (Lipinski definition) is 7. The molecule has 0 aliphatic rings. The van der Waals surface area contributed by atoms with E-state index in [0.29, 0.717) is 10.6 Å². The molecule has 1 unspecified atom stereocenters. The number of thiophene rings is 1. The molecule has 0 aliphatic heterocycles. The minimum atomic E-state index is -0.183. The second-order valence-corrected chi connectivity index (χ2v) is 8.03. The van der Waals surface area contributed by atoms with Crippen molar-refractivity contribution in [1.29, 1.82) is 10.5 Å². The van der Waals surface area contributed by atoms with Gasteiger partial charge in [0.05, 0.1) is 17.4 Å². The molecule has 0 fully saturated rings. The van der Waals surface area contributed by atoms with Crippen LogP contribution in [0.2, 0.25) is 0 Å². The topological polar surface area (TPSA) is 116 Å². The zero-order valence-electron chi connectivity index (χ0n) is 15.5. The summed E-state index contributed by atoms with van der Waals surface area (Å²) in [4.78, 5) is 17.4. The molecule has 0 saturated carbocycles. The van der Waals surface area contributed by atoms with Gasteiger partial charge in [0.1, 0.15) is 28.5 Å². The van der Waals surface area contributed by atoms with Crippen LogP contribution in [0.4, 0.5) is 5.82 Å². The molecule has 2 heterocycles. The summed E-state index contributed by atoms with van der Waals surface area (Å²) >= 11 is 2.54. The third-order valence-electron chi connectivity index (χ3n) is 4.20. The largest absolute Gasteiger partial charge is 0.383 e. The number of carbonyl (C=O) groups excluding carboxylic acids is 1. The van der Waals surface area contributed by atoms with Gasteiger partial charge in [-0.15, -0.1) is 11.3 Å². The first-order valence-electron chi connectivity index (χ1n) is 8.69. The number of amides is 1. The fraction of sp³-hybridized carbons (Fsp3) is 0.143. The number of nitrogen functional groups attached to an aromatic ring is 1. The Morgan fingerprint density at radius 2 is 1.93 bits per heavy atom. The zero-order chi connectivity index (χ0) is 20.8. The van der Waals surface area contributed by atoms with E-state index in [1.54, 1.807) is 0 Å². The van der Waals surface area contributed by atoms with E-state index in [0.717, 1.165) is 22.2 Å². The van der Waals surface area contributed by atoms with Crippen molar-refractivity contribution in [2.75, 3.05) is 11.5 Å². The van der Waals surface area contributed by atoms with E-state index < -0.39 is 0 Å². The summed E-state index contributed by atoms with van der Waals surface area (Å²) in [6.45, 7) is 1.91. The number of anilines is 1. The van der Waals surface area contributed by atoms with Crippen LogP contribution < -0.4 is 11.1 Å². The van der Waals surface area contributed by atoms with Crippen molar-refractivity contribution < 1.29 is 4.79 Å². The van der Waals surface area contributed by atoms with Crippen molar-refractivity contribution in [3.05, 3.63) is 64.5 Å². The lowest BCUT2D eigenvalue weighted by Crippen LogP contribution is -2.28. The van der Waals surface area contributed by atoms with Crippen LogP contribution >= 0.6 is 23.1 Å². The maximum absolute atomic E-state index is 12.4. The van der Waals surface area contributed by atoms with Gasteiger partial charge in [-0.2, -0.15) is 10.5 Å². The molecule has 6 nitrogen and oxygen atoms in total. The van der Waals surface area contributed by atoms with Crippen LogP contribution in [0.3, 0.4) is 0 Å². The summed E-state index contributed by atoms with van der Waals surface area (Å²) in [6, 6.07) is 17.3. The Hall–Kier alpha value is -3.33. The number of nitrogens with two attached hydrogens (primary N) is 1. The molecule has 1 amide bonds. The smallest absolute Gasteiger partial charge is 0.230 e. The number of nitriles is 2. The Bertz CT molecular complexity index is 1100. The third-order valence-corrected chi connectivity index (χ3v) is 6.06. The highest BCUT2D eigenvalue weighted by Gasteiger charge is 2.22. The van der Waals surface area contributed by atoms with Gasteiger partial charge in [-0.3, -0.25) is 4.79 Å². The monoisotopic (exact) mass is 419 g/mol. The van der Waals surface area contributed by atoms with Gasteiger partial charge in [-0.1, -0.05) is 48.2 Å². The number of aromatic nitrogens is 1. The fourth-order valence-electron chi connectivity index (χ4n) is 2.81. The zero-order valence-corrected chi connectivity index (χ0v) is 17.2. The Morgan fingerprint density at radius 1 is 1.21 bits per heavy atom. The van der Waals surface area contributed by atoms with Crippen molar-refractivity contribution in [1.82, 2.24) is 10.3 Å². The van der Waals surface area contributed by atoms with Gasteiger partial charge < -0.3 is 11.1 Å². The van der Waals surface area contributed by atoms with Gasteiger partial charge in [0.15, 0.2) is 0 Å². The number of rotatable bonds is 6. The van der Waals surface area contributed by atoms with Gasteiger partial charge in [-0.25, -0.2) is 4.98 Å². The minimum Gasteiger partial charge on any atom is -0.383 e. The number of pyridine rings is 1. The van der Waals surface area contributed by atoms with Crippen LogP contribution in [-0.2, 0) is 4.79 Å². The molecule has 3 aromatic rings. The third kappa shape index (κ3) is 4.57. The van der Waals surface area contributed by atoms with Gasteiger partial charge in [0.2, 0.25) is 5.91 Å². The summed E-state index contributed by atoms with van der Waals surface area (Å²) in [5.41, 5.74) is 7.88. The van der Waals surface area contributed by atoms with E-state index in [2.05, 4.69) is 16.4 Å². The minimum absolute atomic E-state index is 0.0514. The van der Waals surface area contributed by atoms with Crippen LogP contribution in [-0.4, -0.2) is 16.6 Å². The van der Waals surface area contributed by atoms with Crippen molar-refractivity contribution in [3.63, 3.8) is 0 Å². The maximum atomic E-state index is 12.4. The second kappa shape index (κ2) is 9.24. The molecule has 0 aliphatic carbocycles. The first-order valence-corrected chi connectivity index (χ1v) is 10.6. The van der Waals surface area contributed by atoms with E-state index in [1.807, 2.05) is 60.8 Å². The lowest BCUT2D eigenvalue weighted by molar-refractivity contribution is -0.119. The quantitative estimate of drug-likeness (QED) is 0.581. The predicted octanol–water partition coefficient (Wildman–Crippen LogP) is 4.11. The van der Waals surface area contributed by atoms with E-state index >= 15 is 0 Å². The van der Waals surface area contributed by atoms with E-state index in [9.17, 15) is 15.3 Å². The normalized spacial score (nSPS) is 11.3. The molecule has 0 bridgehead atoms. The molecule has 0 spiro atoms. The summed E-state index contributed by atoms with van der Waals surface area (Å²) in [7, 11) is 0. The predicted molar refractivity (Wildman–Crippen MR) is 115 cm³/mol. The van der Waals surface area contributed by atoms with Crippen LogP contribution in [0, 0.1) is 22.7 Å². The number of benzene rings is 1. The van der Waals surface area contributed by atoms with Crippen LogP contribution in [0.25, 0.3) is 10.4 Å². The van der Waals surface area contributed by atoms with Crippen molar-refractivity contribution in [2.24, 2.45) is 0 Å². The van der Waals surface area contributed by atoms with Crippen molar-refractivity contribution in [2.45, 2.75) is 18.0 Å². The molecule has 29 heavy (non-hydrogen) atoms. The van der Waals surface area contributed by atoms with Crippen molar-refractivity contribution >= 4 is 34.8 Å². The molecule has 8 heteroatoms. The molecular weight excluding hydrogens is 402 g/mol. The first-order chi connectivity index (χ1) is 14.0. The lowest BCUT2D eigenvalue weighted by Gasteiger charge is -2.15. The van der Waals surface area contributed by atoms with Crippen LogP contribution in [0.15, 0.2) is 52.9 Å². The average Bonchev–Trinajstić information content (AvgIpc) is 3.26. The van der Waals surface area contributed by atoms with Gasteiger partial charge in [0, 0.05) is 10.4 Å². The van der Waals surface area contributed by atoms with Gasteiger partial charge >= 0.3 is 0 Å². The highest BCUT2D eigenvalue weighted by atomic mass is 32.2. The fourth-order valence-corrected chi connectivity index (χ4v) is 4.40. The number of hydrogen-bond donors (Lipinski definition) is 2. The molecule has 3 rings (SSSR count). The Balaban J connectivity index is 1.82. The first kappa shape index (κ1) is 20.4. The standard InChI is InChI=1S/C21H17N5OS2/c1-13(14-6-3-2-4-7-14)25-18(27)12-29-21-16(11-23)19(17-8-5-9-28-17)15(10-22)20(24)26-21/h2-9,13H,12H2,1H3,(H2,24,26)(H,25,27). The Kier molecular flexibility index (Phi) is 6.50.